The van der Waals surface area contributed by atoms with Gasteiger partial charge in [0.05, 0.1) is 0 Å². The van der Waals surface area contributed by atoms with Crippen LogP contribution in [0.2, 0.25) is 0 Å². The van der Waals surface area contributed by atoms with Gasteiger partial charge in [-0.3, -0.25) is 0 Å². The van der Waals surface area contributed by atoms with Crippen LogP contribution in [0.15, 0.2) is 0 Å². The molecule has 0 aliphatic heterocycles. The molecule has 0 N–H and O–H groups in total. The van der Waals surface area contributed by atoms with Crippen LogP contribution in [0.4, 0.5) is 0 Å². The molecular formula is C16H34S2. The topological polar surface area (TPSA) is 0 Å². The van der Waals surface area contributed by atoms with Gasteiger partial charge in [-0.15, -0.1) is 0 Å². The van der Waals surface area contributed by atoms with E-state index in [1.807, 2.05) is 0 Å². The highest BCUT2D eigenvalue weighted by Gasteiger charge is 1.99. The third-order valence-electron chi connectivity index (χ3n) is 3.60. The van der Waals surface area contributed by atoms with E-state index in [2.05, 4.69) is 32.2 Å². The Labute approximate surface area is 127 Å². The second-order valence-corrected chi connectivity index (χ2v) is 6.61. The summed E-state index contributed by atoms with van der Waals surface area (Å²) in [6, 6.07) is 0. The monoisotopic (exact) mass is 290 g/mol. The van der Waals surface area contributed by atoms with Gasteiger partial charge in [0, 0.05) is 11.0 Å². The summed E-state index contributed by atoms with van der Waals surface area (Å²) in [5.74, 6) is 0.918. The standard InChI is InChI=1S/C16H34S2/c1-2-3-4-5-6-7-8-9-10-11-12-13-14-16(18)15-17/h16-18H,2-15H2,1H3. The molecule has 2 heteroatoms. The fourth-order valence-electron chi connectivity index (χ4n) is 2.31. The van der Waals surface area contributed by atoms with E-state index in [-0.39, 0.29) is 0 Å². The second-order valence-electron chi connectivity index (χ2n) is 5.51. The predicted octanol–water partition coefficient (Wildman–Crippen LogP) is 6.31. The fourth-order valence-corrected chi connectivity index (χ4v) is 2.68. The summed E-state index contributed by atoms with van der Waals surface area (Å²) in [4.78, 5) is 0. The van der Waals surface area contributed by atoms with Crippen molar-refractivity contribution >= 4 is 25.3 Å². The third-order valence-corrected chi connectivity index (χ3v) is 4.77. The number of thiol groups is 2. The van der Waals surface area contributed by atoms with Crippen LogP contribution in [0.25, 0.3) is 0 Å². The van der Waals surface area contributed by atoms with Gasteiger partial charge in [-0.2, -0.15) is 25.3 Å². The first-order valence-corrected chi connectivity index (χ1v) is 9.25. The van der Waals surface area contributed by atoms with Crippen LogP contribution >= 0.6 is 25.3 Å². The number of rotatable bonds is 14. The zero-order chi connectivity index (χ0) is 13.5. The van der Waals surface area contributed by atoms with E-state index in [1.165, 1.54) is 83.5 Å². The van der Waals surface area contributed by atoms with Crippen LogP contribution in [0.5, 0.6) is 0 Å². The Morgan fingerprint density at radius 2 is 1.06 bits per heavy atom. The van der Waals surface area contributed by atoms with Crippen molar-refractivity contribution in [2.75, 3.05) is 5.75 Å². The maximum absolute atomic E-state index is 4.46. The molecule has 0 nitrogen and oxygen atoms in total. The van der Waals surface area contributed by atoms with Gasteiger partial charge in [0.15, 0.2) is 0 Å². The normalized spacial score (nSPS) is 12.8. The van der Waals surface area contributed by atoms with Gasteiger partial charge in [-0.1, -0.05) is 84.0 Å². The van der Waals surface area contributed by atoms with Gasteiger partial charge in [0.25, 0.3) is 0 Å². The van der Waals surface area contributed by atoms with E-state index in [0.717, 1.165) is 5.75 Å². The zero-order valence-corrected chi connectivity index (χ0v) is 14.2. The van der Waals surface area contributed by atoms with Crippen LogP contribution in [-0.4, -0.2) is 11.0 Å². The number of hydrogen-bond acceptors (Lipinski definition) is 2. The SMILES string of the molecule is CCCCCCCCCCCCCCC(S)CS. The van der Waals surface area contributed by atoms with Crippen molar-refractivity contribution in [3.05, 3.63) is 0 Å². The van der Waals surface area contributed by atoms with Crippen molar-refractivity contribution in [2.45, 2.75) is 95.6 Å². The van der Waals surface area contributed by atoms with Crippen molar-refractivity contribution in [1.29, 1.82) is 0 Å². The Bertz CT molecular complexity index is 148. The molecule has 0 saturated heterocycles. The van der Waals surface area contributed by atoms with Crippen molar-refractivity contribution in [1.82, 2.24) is 0 Å². The van der Waals surface area contributed by atoms with Crippen LogP contribution < -0.4 is 0 Å². The Morgan fingerprint density at radius 1 is 0.667 bits per heavy atom. The van der Waals surface area contributed by atoms with Crippen LogP contribution in [-0.2, 0) is 0 Å². The highest BCUT2D eigenvalue weighted by molar-refractivity contribution is 7.84. The summed E-state index contributed by atoms with van der Waals surface area (Å²) >= 11 is 8.71. The summed E-state index contributed by atoms with van der Waals surface area (Å²) in [7, 11) is 0. The van der Waals surface area contributed by atoms with E-state index in [1.54, 1.807) is 0 Å². The first-order valence-electron chi connectivity index (χ1n) is 8.10. The molecule has 0 aromatic rings. The molecule has 0 aromatic carbocycles. The predicted molar refractivity (Wildman–Crippen MR) is 92.3 cm³/mol. The molecule has 110 valence electrons. The molecule has 0 saturated carbocycles. The van der Waals surface area contributed by atoms with Gasteiger partial charge in [-0.25, -0.2) is 0 Å². The molecule has 0 heterocycles. The minimum atomic E-state index is 0.511. The van der Waals surface area contributed by atoms with E-state index in [4.69, 9.17) is 0 Å². The maximum Gasteiger partial charge on any atom is 0.0105 e. The Balaban J connectivity index is 2.94. The van der Waals surface area contributed by atoms with Gasteiger partial charge < -0.3 is 0 Å². The highest BCUT2D eigenvalue weighted by atomic mass is 32.1. The number of unbranched alkanes of at least 4 members (excludes halogenated alkanes) is 11. The van der Waals surface area contributed by atoms with E-state index in [0.29, 0.717) is 5.25 Å². The smallest absolute Gasteiger partial charge is 0.0105 e. The minimum Gasteiger partial charge on any atom is -0.178 e. The quantitative estimate of drug-likeness (QED) is 0.272. The lowest BCUT2D eigenvalue weighted by Crippen LogP contribution is -1.99. The molecule has 0 amide bonds. The molecule has 18 heavy (non-hydrogen) atoms. The lowest BCUT2D eigenvalue weighted by molar-refractivity contribution is 0.540. The molecular weight excluding hydrogens is 256 g/mol. The van der Waals surface area contributed by atoms with Gasteiger partial charge >= 0.3 is 0 Å². The second kappa shape index (κ2) is 15.8. The number of hydrogen-bond donors (Lipinski definition) is 2. The lowest BCUT2D eigenvalue weighted by atomic mass is 10.0. The van der Waals surface area contributed by atoms with Crippen LogP contribution in [0, 0.1) is 0 Å². The van der Waals surface area contributed by atoms with Crippen LogP contribution in [0.1, 0.15) is 90.4 Å². The maximum atomic E-state index is 4.46. The van der Waals surface area contributed by atoms with Crippen molar-refractivity contribution in [3.8, 4) is 0 Å². The van der Waals surface area contributed by atoms with E-state index >= 15 is 0 Å². The largest absolute Gasteiger partial charge is 0.178 e. The summed E-state index contributed by atoms with van der Waals surface area (Å²) in [5.41, 5.74) is 0. The first-order chi connectivity index (χ1) is 8.81. The lowest BCUT2D eigenvalue weighted by Gasteiger charge is -2.06. The minimum absolute atomic E-state index is 0.511. The van der Waals surface area contributed by atoms with E-state index in [9.17, 15) is 0 Å². The highest BCUT2D eigenvalue weighted by Crippen LogP contribution is 2.14. The summed E-state index contributed by atoms with van der Waals surface area (Å²) in [5, 5.41) is 0.511. The average Bonchev–Trinajstić information content (AvgIpc) is 2.39. The zero-order valence-electron chi connectivity index (χ0n) is 12.4. The first kappa shape index (κ1) is 18.7. The fraction of sp³-hybridized carbons (Fsp3) is 1.00. The Hall–Kier alpha value is 0.700. The third kappa shape index (κ3) is 14.8. The molecule has 1 atom stereocenters. The van der Waals surface area contributed by atoms with Gasteiger partial charge in [0.1, 0.15) is 0 Å². The molecule has 0 aliphatic carbocycles. The Morgan fingerprint density at radius 3 is 1.44 bits per heavy atom. The summed E-state index contributed by atoms with van der Waals surface area (Å²) in [6.45, 7) is 2.28. The molecule has 0 bridgehead atoms. The van der Waals surface area contributed by atoms with Gasteiger partial charge in [-0.05, 0) is 6.42 Å². The van der Waals surface area contributed by atoms with Crippen molar-refractivity contribution < 1.29 is 0 Å². The molecule has 0 radical (unpaired) electrons. The van der Waals surface area contributed by atoms with Crippen molar-refractivity contribution in [2.24, 2.45) is 0 Å². The van der Waals surface area contributed by atoms with Crippen molar-refractivity contribution in [3.63, 3.8) is 0 Å². The molecule has 0 aromatic heterocycles. The average molecular weight is 291 g/mol. The van der Waals surface area contributed by atoms with E-state index < -0.39 is 0 Å². The molecule has 1 unspecified atom stereocenters. The summed E-state index contributed by atoms with van der Waals surface area (Å²) < 4.78 is 0. The molecule has 0 fully saturated rings. The molecule has 0 aliphatic rings. The van der Waals surface area contributed by atoms with Gasteiger partial charge in [0.2, 0.25) is 0 Å². The molecule has 0 spiro atoms. The molecule has 0 rings (SSSR count). The Kier molecular flexibility index (Phi) is 16.4. The van der Waals surface area contributed by atoms with Crippen LogP contribution in [0.3, 0.4) is 0 Å². The summed E-state index contributed by atoms with van der Waals surface area (Å²) in [6.07, 6.45) is 18.4.